The number of aryl methyl sites for hydroxylation is 1. The zero-order valence-electron chi connectivity index (χ0n) is 16.4. The molecule has 6 nitrogen and oxygen atoms in total. The van der Waals surface area contributed by atoms with E-state index >= 15 is 0 Å². The molecule has 6 heteroatoms. The van der Waals surface area contributed by atoms with Crippen molar-refractivity contribution in [3.05, 3.63) is 66.2 Å². The number of nitrogens with one attached hydrogen (secondary N) is 1. The number of hydrazone groups is 1. The summed E-state index contributed by atoms with van der Waals surface area (Å²) in [5.41, 5.74) is 6.89. The molecule has 27 heavy (non-hydrogen) atoms. The van der Waals surface area contributed by atoms with Gasteiger partial charge >= 0.3 is 0 Å². The molecule has 1 N–H and O–H groups in total. The van der Waals surface area contributed by atoms with Crippen molar-refractivity contribution in [2.24, 2.45) is 5.10 Å². The highest BCUT2D eigenvalue weighted by Crippen LogP contribution is 2.31. The summed E-state index contributed by atoms with van der Waals surface area (Å²) in [5.74, 6) is 1.43. The molecule has 0 aliphatic heterocycles. The fourth-order valence-corrected chi connectivity index (χ4v) is 2.56. The Balaban J connectivity index is 0.00000126. The Morgan fingerprint density at radius 3 is 2.41 bits per heavy atom. The topological polar surface area (TPSA) is 60.7 Å². The minimum atomic E-state index is 0.689. The van der Waals surface area contributed by atoms with Crippen LogP contribution in [-0.2, 0) is 0 Å². The third-order valence-electron chi connectivity index (χ3n) is 3.76. The molecule has 0 atom stereocenters. The molecule has 0 unspecified atom stereocenters. The van der Waals surface area contributed by atoms with Crippen molar-refractivity contribution >= 4 is 11.9 Å². The lowest BCUT2D eigenvalue weighted by Crippen LogP contribution is -1.97. The van der Waals surface area contributed by atoms with Crippen LogP contribution in [0, 0.1) is 6.92 Å². The van der Waals surface area contributed by atoms with E-state index in [-0.39, 0.29) is 0 Å². The van der Waals surface area contributed by atoms with E-state index in [2.05, 4.69) is 15.5 Å². The van der Waals surface area contributed by atoms with E-state index in [9.17, 15) is 0 Å². The molecular weight excluding hydrogens is 340 g/mol. The van der Waals surface area contributed by atoms with E-state index in [0.29, 0.717) is 5.75 Å². The number of anilines is 1. The number of methoxy groups -OCH3 is 2. The molecule has 1 aromatic heterocycles. The highest BCUT2D eigenvalue weighted by molar-refractivity contribution is 5.82. The molecule has 1 heterocycles. The van der Waals surface area contributed by atoms with Crippen molar-refractivity contribution in [2.45, 2.75) is 20.8 Å². The van der Waals surface area contributed by atoms with Crippen molar-refractivity contribution in [3.8, 4) is 17.2 Å². The van der Waals surface area contributed by atoms with Crippen molar-refractivity contribution in [1.29, 1.82) is 0 Å². The second kappa shape index (κ2) is 10.0. The maximum absolute atomic E-state index is 5.36. The van der Waals surface area contributed by atoms with Crippen molar-refractivity contribution in [3.63, 3.8) is 0 Å². The van der Waals surface area contributed by atoms with E-state index in [1.807, 2.05) is 67.9 Å². The van der Waals surface area contributed by atoms with Crippen LogP contribution in [0.15, 0.2) is 60.2 Å². The Kier molecular flexibility index (Phi) is 7.43. The zero-order chi connectivity index (χ0) is 19.6. The SMILES string of the molecule is CC.COc1cc(/C=N/Nc2ccc(-n3ccnc3)cc2)cc(C)c1OC. The van der Waals surface area contributed by atoms with Crippen molar-refractivity contribution in [2.75, 3.05) is 19.6 Å². The summed E-state index contributed by atoms with van der Waals surface area (Å²) >= 11 is 0. The van der Waals surface area contributed by atoms with Crippen LogP contribution in [0.3, 0.4) is 0 Å². The summed E-state index contributed by atoms with van der Waals surface area (Å²) in [6.45, 7) is 5.97. The van der Waals surface area contributed by atoms with Crippen LogP contribution in [0.2, 0.25) is 0 Å². The van der Waals surface area contributed by atoms with Gasteiger partial charge in [0.05, 0.1) is 32.4 Å². The van der Waals surface area contributed by atoms with Crippen LogP contribution in [-0.4, -0.2) is 30.0 Å². The van der Waals surface area contributed by atoms with E-state index in [1.54, 1.807) is 33.0 Å². The van der Waals surface area contributed by atoms with Gasteiger partial charge in [-0.3, -0.25) is 5.43 Å². The normalized spacial score (nSPS) is 10.3. The highest BCUT2D eigenvalue weighted by Gasteiger charge is 2.08. The molecule has 3 rings (SSSR count). The first-order valence-electron chi connectivity index (χ1n) is 8.81. The van der Waals surface area contributed by atoms with Gasteiger partial charge in [-0.15, -0.1) is 0 Å². The van der Waals surface area contributed by atoms with E-state index in [4.69, 9.17) is 9.47 Å². The molecule has 3 aromatic rings. The number of nitrogens with zero attached hydrogens (tertiary/aromatic N) is 3. The van der Waals surface area contributed by atoms with E-state index in [1.165, 1.54) is 0 Å². The monoisotopic (exact) mass is 366 g/mol. The minimum Gasteiger partial charge on any atom is -0.493 e. The second-order valence-corrected chi connectivity index (χ2v) is 5.46. The molecule has 0 saturated carbocycles. The highest BCUT2D eigenvalue weighted by atomic mass is 16.5. The van der Waals surface area contributed by atoms with Gasteiger partial charge in [0.1, 0.15) is 0 Å². The molecule has 142 valence electrons. The average Bonchev–Trinajstić information content (AvgIpc) is 3.24. The van der Waals surface area contributed by atoms with Crippen LogP contribution < -0.4 is 14.9 Å². The third kappa shape index (κ3) is 5.10. The Hall–Kier alpha value is -3.28. The Morgan fingerprint density at radius 1 is 1.07 bits per heavy atom. The molecular formula is C21H26N4O2. The lowest BCUT2D eigenvalue weighted by molar-refractivity contribution is 0.353. The van der Waals surface area contributed by atoms with E-state index < -0.39 is 0 Å². The number of imidazole rings is 1. The number of rotatable bonds is 6. The predicted octanol–water partition coefficient (Wildman–Crippen LogP) is 4.67. The van der Waals surface area contributed by atoms with Crippen molar-refractivity contribution in [1.82, 2.24) is 9.55 Å². The first-order valence-corrected chi connectivity index (χ1v) is 8.81. The lowest BCUT2D eigenvalue weighted by Gasteiger charge is -2.11. The van der Waals surface area contributed by atoms with Crippen LogP contribution in [0.5, 0.6) is 11.5 Å². The van der Waals surface area contributed by atoms with Gasteiger partial charge in [0, 0.05) is 18.1 Å². The van der Waals surface area contributed by atoms with Crippen LogP contribution in [0.1, 0.15) is 25.0 Å². The Morgan fingerprint density at radius 2 is 1.81 bits per heavy atom. The second-order valence-electron chi connectivity index (χ2n) is 5.46. The maximum atomic E-state index is 5.36. The van der Waals surface area contributed by atoms with Gasteiger partial charge in [-0.1, -0.05) is 13.8 Å². The van der Waals surface area contributed by atoms with Gasteiger partial charge in [0.2, 0.25) is 0 Å². The molecule has 0 bridgehead atoms. The summed E-state index contributed by atoms with van der Waals surface area (Å²) in [6.07, 6.45) is 7.17. The fourth-order valence-electron chi connectivity index (χ4n) is 2.56. The third-order valence-corrected chi connectivity index (χ3v) is 3.76. The van der Waals surface area contributed by atoms with Gasteiger partial charge in [-0.2, -0.15) is 5.10 Å². The molecule has 0 saturated heterocycles. The Labute approximate surface area is 160 Å². The molecule has 0 amide bonds. The first-order chi connectivity index (χ1) is 13.2. The molecule has 2 aromatic carbocycles. The number of aromatic nitrogens is 2. The fraction of sp³-hybridized carbons (Fsp3) is 0.238. The zero-order valence-corrected chi connectivity index (χ0v) is 16.4. The molecule has 0 aliphatic carbocycles. The molecule has 0 aliphatic rings. The largest absolute Gasteiger partial charge is 0.493 e. The number of hydrogen-bond donors (Lipinski definition) is 1. The van der Waals surface area contributed by atoms with Crippen LogP contribution >= 0.6 is 0 Å². The van der Waals surface area contributed by atoms with Gasteiger partial charge in [0.25, 0.3) is 0 Å². The van der Waals surface area contributed by atoms with Crippen molar-refractivity contribution < 1.29 is 9.47 Å². The lowest BCUT2D eigenvalue weighted by atomic mass is 10.1. The standard InChI is InChI=1S/C19H20N4O2.C2H6/c1-14-10-15(11-18(24-2)19(14)25-3)12-21-22-16-4-6-17(7-5-16)23-9-8-20-13-23;1-2/h4-13,22H,1-3H3;1-2H3/b21-12+;. The van der Waals surface area contributed by atoms with Crippen LogP contribution in [0.25, 0.3) is 5.69 Å². The number of ether oxygens (including phenoxy) is 2. The van der Waals surface area contributed by atoms with Crippen LogP contribution in [0.4, 0.5) is 5.69 Å². The van der Waals surface area contributed by atoms with Gasteiger partial charge in [-0.05, 0) is 54.4 Å². The number of hydrogen-bond acceptors (Lipinski definition) is 5. The van der Waals surface area contributed by atoms with Gasteiger partial charge in [0.15, 0.2) is 11.5 Å². The predicted molar refractivity (Wildman–Crippen MR) is 110 cm³/mol. The summed E-state index contributed by atoms with van der Waals surface area (Å²) < 4.78 is 12.6. The molecule has 0 spiro atoms. The smallest absolute Gasteiger partial charge is 0.163 e. The number of benzene rings is 2. The molecule has 0 fully saturated rings. The van der Waals surface area contributed by atoms with Gasteiger partial charge in [-0.25, -0.2) is 4.98 Å². The average molecular weight is 366 g/mol. The Bertz CT molecular complexity index is 857. The van der Waals surface area contributed by atoms with E-state index in [0.717, 1.165) is 28.3 Å². The summed E-state index contributed by atoms with van der Waals surface area (Å²) in [7, 11) is 3.26. The molecule has 0 radical (unpaired) electrons. The first kappa shape index (κ1) is 20.0. The van der Waals surface area contributed by atoms with Gasteiger partial charge < -0.3 is 14.0 Å². The summed E-state index contributed by atoms with van der Waals surface area (Å²) in [4.78, 5) is 4.04. The quantitative estimate of drug-likeness (QED) is 0.509. The maximum Gasteiger partial charge on any atom is 0.163 e. The summed E-state index contributed by atoms with van der Waals surface area (Å²) in [6, 6.07) is 11.8. The minimum absolute atomic E-state index is 0.689. The summed E-state index contributed by atoms with van der Waals surface area (Å²) in [5, 5.41) is 4.29.